The number of β-lactam (4-membered cyclic amide) rings is 1. The summed E-state index contributed by atoms with van der Waals surface area (Å²) in [4.78, 5) is 33.8. The topological polar surface area (TPSA) is 101 Å². The molecule has 2 fully saturated rings. The molecule has 2 aliphatic rings. The SMILES string of the molecule is N[C@@H]1C(=O)N2[C@@H](C(=O)O)C(=O)S[C@H]12. The number of fused-ring (bicyclic) bond motifs is 1. The van der Waals surface area contributed by atoms with Crippen molar-refractivity contribution >= 4 is 28.8 Å². The van der Waals surface area contributed by atoms with E-state index in [2.05, 4.69) is 0 Å². The molecule has 1 amide bonds. The number of nitrogens with two attached hydrogens (primary N) is 1. The summed E-state index contributed by atoms with van der Waals surface area (Å²) in [5.74, 6) is -1.75. The normalized spacial score (nSPS) is 37.3. The highest BCUT2D eigenvalue weighted by atomic mass is 32.2. The Kier molecular flexibility index (Phi) is 1.61. The second-order valence-electron chi connectivity index (χ2n) is 2.84. The van der Waals surface area contributed by atoms with Gasteiger partial charge in [0.1, 0.15) is 11.4 Å². The van der Waals surface area contributed by atoms with Gasteiger partial charge in [-0.2, -0.15) is 0 Å². The number of amides is 1. The Hall–Kier alpha value is -1.08. The second-order valence-corrected chi connectivity index (χ2v) is 3.96. The van der Waals surface area contributed by atoms with Crippen molar-refractivity contribution in [2.24, 2.45) is 5.73 Å². The van der Waals surface area contributed by atoms with Gasteiger partial charge in [0.25, 0.3) is 0 Å². The summed E-state index contributed by atoms with van der Waals surface area (Å²) in [5.41, 5.74) is 5.37. The number of carbonyl (C=O) groups is 3. The van der Waals surface area contributed by atoms with E-state index in [4.69, 9.17) is 10.8 Å². The van der Waals surface area contributed by atoms with Gasteiger partial charge in [0.05, 0.1) is 0 Å². The molecule has 0 bridgehead atoms. The molecule has 0 unspecified atom stereocenters. The lowest BCUT2D eigenvalue weighted by atomic mass is 10.1. The fraction of sp³-hybridized carbons (Fsp3) is 0.500. The number of aliphatic carboxylic acids is 1. The first kappa shape index (κ1) is 8.52. The summed E-state index contributed by atoms with van der Waals surface area (Å²) in [6.45, 7) is 0. The molecule has 0 saturated carbocycles. The molecule has 13 heavy (non-hydrogen) atoms. The van der Waals surface area contributed by atoms with Gasteiger partial charge in [-0.15, -0.1) is 0 Å². The molecule has 2 aliphatic heterocycles. The average molecular weight is 202 g/mol. The zero-order valence-corrected chi connectivity index (χ0v) is 7.15. The lowest BCUT2D eigenvalue weighted by molar-refractivity contribution is -0.159. The van der Waals surface area contributed by atoms with E-state index in [0.717, 1.165) is 16.7 Å². The number of carboxylic acid groups (broad SMARTS) is 1. The minimum Gasteiger partial charge on any atom is -0.479 e. The van der Waals surface area contributed by atoms with Crippen LogP contribution in [0.1, 0.15) is 0 Å². The van der Waals surface area contributed by atoms with Crippen LogP contribution in [0.5, 0.6) is 0 Å². The average Bonchev–Trinajstić information content (AvgIpc) is 2.39. The highest BCUT2D eigenvalue weighted by Gasteiger charge is 2.59. The second kappa shape index (κ2) is 2.46. The third kappa shape index (κ3) is 0.909. The van der Waals surface area contributed by atoms with Crippen LogP contribution in [0.2, 0.25) is 0 Å². The van der Waals surface area contributed by atoms with Gasteiger partial charge in [-0.25, -0.2) is 4.79 Å². The van der Waals surface area contributed by atoms with Gasteiger partial charge in [-0.1, -0.05) is 11.8 Å². The van der Waals surface area contributed by atoms with Gasteiger partial charge in [-0.3, -0.25) is 9.59 Å². The molecule has 6 nitrogen and oxygen atoms in total. The van der Waals surface area contributed by atoms with Crippen LogP contribution in [-0.2, 0) is 14.4 Å². The van der Waals surface area contributed by atoms with E-state index in [-0.39, 0.29) is 0 Å². The maximum atomic E-state index is 11.1. The molecule has 2 heterocycles. The van der Waals surface area contributed by atoms with Crippen LogP contribution < -0.4 is 5.73 Å². The molecule has 70 valence electrons. The molecular formula is C6H6N2O4S. The molecule has 0 aliphatic carbocycles. The van der Waals surface area contributed by atoms with Gasteiger partial charge in [-0.05, 0) is 0 Å². The van der Waals surface area contributed by atoms with Crippen molar-refractivity contribution in [1.82, 2.24) is 4.90 Å². The lowest BCUT2D eigenvalue weighted by Gasteiger charge is -2.40. The van der Waals surface area contributed by atoms with Crippen LogP contribution in [0.15, 0.2) is 0 Å². The molecule has 2 rings (SSSR count). The molecule has 7 heteroatoms. The van der Waals surface area contributed by atoms with E-state index < -0.39 is 34.4 Å². The van der Waals surface area contributed by atoms with E-state index in [9.17, 15) is 14.4 Å². The first-order chi connectivity index (χ1) is 6.04. The summed E-state index contributed by atoms with van der Waals surface area (Å²) in [7, 11) is 0. The number of thioether (sulfide) groups is 1. The van der Waals surface area contributed by atoms with Crippen molar-refractivity contribution < 1.29 is 19.5 Å². The standard InChI is InChI=1S/C6H6N2O4S/c7-1-3(9)8-2(5(10)11)6(12)13-4(1)8/h1-2,4H,7H2,(H,10,11)/t1-,2+,4-/m1/s1. The maximum absolute atomic E-state index is 11.1. The Labute approximate surface area is 77.1 Å². The molecule has 0 aromatic carbocycles. The molecule has 0 spiro atoms. The van der Waals surface area contributed by atoms with E-state index in [1.54, 1.807) is 0 Å². The number of rotatable bonds is 1. The zero-order chi connectivity index (χ0) is 9.75. The van der Waals surface area contributed by atoms with Crippen molar-refractivity contribution in [3.63, 3.8) is 0 Å². The highest BCUT2D eigenvalue weighted by molar-refractivity contribution is 8.14. The summed E-state index contributed by atoms with van der Waals surface area (Å²) in [6, 6.07) is -2.06. The number of nitrogens with zero attached hydrogens (tertiary/aromatic N) is 1. The Morgan fingerprint density at radius 3 is 2.69 bits per heavy atom. The van der Waals surface area contributed by atoms with E-state index in [1.165, 1.54) is 0 Å². The van der Waals surface area contributed by atoms with Gasteiger partial charge in [0.2, 0.25) is 11.0 Å². The van der Waals surface area contributed by atoms with Crippen LogP contribution in [0.4, 0.5) is 0 Å². The molecule has 0 aromatic rings. The number of hydrogen-bond acceptors (Lipinski definition) is 5. The Morgan fingerprint density at radius 2 is 2.15 bits per heavy atom. The fourth-order valence-corrected chi connectivity index (χ4v) is 2.61. The number of hydrogen-bond donors (Lipinski definition) is 2. The van der Waals surface area contributed by atoms with Gasteiger partial charge < -0.3 is 15.7 Å². The summed E-state index contributed by atoms with van der Waals surface area (Å²) in [6.07, 6.45) is 0. The van der Waals surface area contributed by atoms with Crippen molar-refractivity contribution in [2.75, 3.05) is 0 Å². The third-order valence-corrected chi connectivity index (χ3v) is 3.31. The monoisotopic (exact) mass is 202 g/mol. The van der Waals surface area contributed by atoms with Crippen LogP contribution in [-0.4, -0.2) is 44.5 Å². The largest absolute Gasteiger partial charge is 0.479 e. The van der Waals surface area contributed by atoms with Crippen LogP contribution in [0.25, 0.3) is 0 Å². The minimum atomic E-state index is -1.33. The first-order valence-corrected chi connectivity index (χ1v) is 4.43. The quantitative estimate of drug-likeness (QED) is 0.384. The van der Waals surface area contributed by atoms with Crippen molar-refractivity contribution in [3.05, 3.63) is 0 Å². The van der Waals surface area contributed by atoms with E-state index >= 15 is 0 Å². The van der Waals surface area contributed by atoms with Crippen LogP contribution >= 0.6 is 11.8 Å². The van der Waals surface area contributed by atoms with Crippen molar-refractivity contribution in [1.29, 1.82) is 0 Å². The smallest absolute Gasteiger partial charge is 0.335 e. The Balaban J connectivity index is 2.28. The van der Waals surface area contributed by atoms with Crippen molar-refractivity contribution in [3.8, 4) is 0 Å². The lowest BCUT2D eigenvalue weighted by Crippen LogP contribution is -2.68. The Morgan fingerprint density at radius 1 is 1.54 bits per heavy atom. The third-order valence-electron chi connectivity index (χ3n) is 2.09. The van der Waals surface area contributed by atoms with Gasteiger partial charge in [0, 0.05) is 0 Å². The number of carboxylic acids is 1. The molecule has 0 aromatic heterocycles. The molecule has 2 saturated heterocycles. The minimum absolute atomic E-state index is 0.462. The predicted octanol–water partition coefficient (Wildman–Crippen LogP) is -1.79. The molecule has 0 radical (unpaired) electrons. The van der Waals surface area contributed by atoms with E-state index in [1.807, 2.05) is 0 Å². The van der Waals surface area contributed by atoms with Crippen LogP contribution in [0, 0.1) is 0 Å². The zero-order valence-electron chi connectivity index (χ0n) is 6.34. The van der Waals surface area contributed by atoms with E-state index in [0.29, 0.717) is 0 Å². The van der Waals surface area contributed by atoms with Crippen LogP contribution in [0.3, 0.4) is 0 Å². The fourth-order valence-electron chi connectivity index (χ4n) is 1.43. The maximum Gasteiger partial charge on any atom is 0.335 e. The summed E-state index contributed by atoms with van der Waals surface area (Å²) in [5, 5.41) is 7.65. The number of carbonyl (C=O) groups excluding carboxylic acids is 2. The summed E-state index contributed by atoms with van der Waals surface area (Å²) < 4.78 is 0. The highest BCUT2D eigenvalue weighted by Crippen LogP contribution is 2.39. The van der Waals surface area contributed by atoms with Crippen molar-refractivity contribution in [2.45, 2.75) is 17.5 Å². The van der Waals surface area contributed by atoms with Gasteiger partial charge in [0.15, 0.2) is 6.04 Å². The first-order valence-electron chi connectivity index (χ1n) is 3.55. The summed E-state index contributed by atoms with van der Waals surface area (Å²) >= 11 is 0.824. The Bertz CT molecular complexity index is 318. The molecule has 3 N–H and O–H groups in total. The predicted molar refractivity (Wildman–Crippen MR) is 42.6 cm³/mol. The molecular weight excluding hydrogens is 196 g/mol. The molecule has 3 atom stereocenters. The van der Waals surface area contributed by atoms with Gasteiger partial charge >= 0.3 is 5.97 Å².